The summed E-state index contributed by atoms with van der Waals surface area (Å²) < 4.78 is 0. The Morgan fingerprint density at radius 1 is 1.38 bits per heavy atom. The third-order valence-electron chi connectivity index (χ3n) is 2.98. The fourth-order valence-corrected chi connectivity index (χ4v) is 1.87. The van der Waals surface area contributed by atoms with Crippen LogP contribution in [-0.2, 0) is 11.2 Å². The first kappa shape index (κ1) is 12.8. The molecule has 0 amide bonds. The van der Waals surface area contributed by atoms with E-state index < -0.39 is 5.97 Å². The number of aryl methyl sites for hydroxylation is 1. The van der Waals surface area contributed by atoms with E-state index in [0.29, 0.717) is 6.42 Å². The van der Waals surface area contributed by atoms with E-state index in [1.54, 1.807) is 0 Å². The lowest BCUT2D eigenvalue weighted by atomic mass is 9.92. The molecule has 1 N–H and O–H groups in total. The molecule has 16 heavy (non-hydrogen) atoms. The maximum atomic E-state index is 11.1. The SMILES string of the molecule is CCCCC(Cc1ccccc1C)C(=O)O. The quantitative estimate of drug-likeness (QED) is 0.797. The standard InChI is InChI=1S/C14H20O2/c1-3-4-8-13(14(15)16)10-12-9-6-5-7-11(12)2/h5-7,9,13H,3-4,8,10H2,1-2H3,(H,15,16). The Bertz CT molecular complexity index is 344. The Kier molecular flexibility index (Phi) is 5.03. The largest absolute Gasteiger partial charge is 0.481 e. The molecule has 0 aliphatic rings. The van der Waals surface area contributed by atoms with Gasteiger partial charge in [-0.05, 0) is 30.9 Å². The predicted molar refractivity (Wildman–Crippen MR) is 65.5 cm³/mol. The zero-order valence-electron chi connectivity index (χ0n) is 10.1. The first-order chi connectivity index (χ1) is 7.65. The van der Waals surface area contributed by atoms with Crippen LogP contribution < -0.4 is 0 Å². The number of aliphatic carboxylic acids is 1. The topological polar surface area (TPSA) is 37.3 Å². The highest BCUT2D eigenvalue weighted by atomic mass is 16.4. The van der Waals surface area contributed by atoms with Gasteiger partial charge in [0.05, 0.1) is 5.92 Å². The maximum absolute atomic E-state index is 11.1. The average molecular weight is 220 g/mol. The van der Waals surface area contributed by atoms with Crippen molar-refractivity contribution in [3.05, 3.63) is 35.4 Å². The lowest BCUT2D eigenvalue weighted by molar-refractivity contribution is -0.141. The van der Waals surface area contributed by atoms with Gasteiger partial charge in [-0.3, -0.25) is 4.79 Å². The van der Waals surface area contributed by atoms with Crippen molar-refractivity contribution < 1.29 is 9.90 Å². The van der Waals surface area contributed by atoms with Crippen molar-refractivity contribution in [2.75, 3.05) is 0 Å². The van der Waals surface area contributed by atoms with Crippen molar-refractivity contribution >= 4 is 5.97 Å². The van der Waals surface area contributed by atoms with Crippen molar-refractivity contribution in [3.8, 4) is 0 Å². The van der Waals surface area contributed by atoms with E-state index in [1.807, 2.05) is 31.2 Å². The average Bonchev–Trinajstić information content (AvgIpc) is 2.26. The Morgan fingerprint density at radius 2 is 2.06 bits per heavy atom. The summed E-state index contributed by atoms with van der Waals surface area (Å²) in [5, 5.41) is 9.15. The minimum atomic E-state index is -0.670. The molecule has 0 radical (unpaired) electrons. The molecule has 1 rings (SSSR count). The summed E-state index contributed by atoms with van der Waals surface area (Å²) >= 11 is 0. The van der Waals surface area contributed by atoms with Crippen LogP contribution in [0.5, 0.6) is 0 Å². The van der Waals surface area contributed by atoms with Crippen molar-refractivity contribution in [3.63, 3.8) is 0 Å². The van der Waals surface area contributed by atoms with Gasteiger partial charge in [0.25, 0.3) is 0 Å². The number of carbonyl (C=O) groups is 1. The third kappa shape index (κ3) is 3.69. The molecule has 0 saturated heterocycles. The molecule has 2 heteroatoms. The molecule has 1 aromatic rings. The maximum Gasteiger partial charge on any atom is 0.306 e. The van der Waals surface area contributed by atoms with Gasteiger partial charge in [-0.2, -0.15) is 0 Å². The molecule has 88 valence electrons. The van der Waals surface area contributed by atoms with Gasteiger partial charge in [-0.15, -0.1) is 0 Å². The molecule has 1 aromatic carbocycles. The van der Waals surface area contributed by atoms with Gasteiger partial charge in [-0.1, -0.05) is 44.0 Å². The van der Waals surface area contributed by atoms with Crippen LogP contribution >= 0.6 is 0 Å². The lowest BCUT2D eigenvalue weighted by Crippen LogP contribution is -2.16. The normalized spacial score (nSPS) is 12.4. The predicted octanol–water partition coefficient (Wildman–Crippen LogP) is 3.43. The first-order valence-electron chi connectivity index (χ1n) is 5.92. The van der Waals surface area contributed by atoms with Gasteiger partial charge in [0.15, 0.2) is 0 Å². The van der Waals surface area contributed by atoms with Crippen LogP contribution in [0.15, 0.2) is 24.3 Å². The van der Waals surface area contributed by atoms with E-state index in [-0.39, 0.29) is 5.92 Å². The number of unbranched alkanes of at least 4 members (excludes halogenated alkanes) is 1. The number of carboxylic acids is 1. The highest BCUT2D eigenvalue weighted by Gasteiger charge is 2.17. The molecule has 0 aromatic heterocycles. The monoisotopic (exact) mass is 220 g/mol. The van der Waals surface area contributed by atoms with Crippen molar-refractivity contribution in [1.29, 1.82) is 0 Å². The Hall–Kier alpha value is -1.31. The molecule has 0 spiro atoms. The van der Waals surface area contributed by atoms with Crippen molar-refractivity contribution in [2.45, 2.75) is 39.5 Å². The first-order valence-corrected chi connectivity index (χ1v) is 5.92. The zero-order valence-corrected chi connectivity index (χ0v) is 10.1. The van der Waals surface area contributed by atoms with Crippen LogP contribution in [-0.4, -0.2) is 11.1 Å². The van der Waals surface area contributed by atoms with Crippen LogP contribution in [0.3, 0.4) is 0 Å². The number of benzene rings is 1. The van der Waals surface area contributed by atoms with Crippen LogP contribution in [0.2, 0.25) is 0 Å². The molecule has 0 aliphatic heterocycles. The van der Waals surface area contributed by atoms with Gasteiger partial charge in [0, 0.05) is 0 Å². The van der Waals surface area contributed by atoms with E-state index in [2.05, 4.69) is 6.92 Å². The van der Waals surface area contributed by atoms with Gasteiger partial charge in [0.1, 0.15) is 0 Å². The molecule has 0 saturated carbocycles. The molecular weight excluding hydrogens is 200 g/mol. The van der Waals surface area contributed by atoms with Crippen LogP contribution in [0.25, 0.3) is 0 Å². The van der Waals surface area contributed by atoms with Crippen LogP contribution in [0.4, 0.5) is 0 Å². The van der Waals surface area contributed by atoms with E-state index in [9.17, 15) is 4.79 Å². The summed E-state index contributed by atoms with van der Waals surface area (Å²) in [7, 11) is 0. The van der Waals surface area contributed by atoms with E-state index in [4.69, 9.17) is 5.11 Å². The van der Waals surface area contributed by atoms with Gasteiger partial charge in [-0.25, -0.2) is 0 Å². The smallest absolute Gasteiger partial charge is 0.306 e. The molecule has 2 nitrogen and oxygen atoms in total. The molecule has 1 unspecified atom stereocenters. The molecule has 0 fully saturated rings. The Morgan fingerprint density at radius 3 is 2.62 bits per heavy atom. The summed E-state index contributed by atoms with van der Waals surface area (Å²) in [6.45, 7) is 4.13. The van der Waals surface area contributed by atoms with Gasteiger partial charge < -0.3 is 5.11 Å². The lowest BCUT2D eigenvalue weighted by Gasteiger charge is -2.13. The highest BCUT2D eigenvalue weighted by Crippen LogP contribution is 2.18. The summed E-state index contributed by atoms with van der Waals surface area (Å²) in [5.74, 6) is -0.905. The second kappa shape index (κ2) is 6.31. The third-order valence-corrected chi connectivity index (χ3v) is 2.98. The van der Waals surface area contributed by atoms with Crippen molar-refractivity contribution in [1.82, 2.24) is 0 Å². The number of carboxylic acid groups (broad SMARTS) is 1. The van der Waals surface area contributed by atoms with E-state index in [1.165, 1.54) is 5.56 Å². The molecule has 0 bridgehead atoms. The summed E-state index contributed by atoms with van der Waals surface area (Å²) in [5.41, 5.74) is 2.34. The molecule has 0 heterocycles. The van der Waals surface area contributed by atoms with Gasteiger partial charge in [0.2, 0.25) is 0 Å². The Balaban J connectivity index is 2.68. The number of rotatable bonds is 6. The Labute approximate surface area is 97.3 Å². The van der Waals surface area contributed by atoms with E-state index >= 15 is 0 Å². The van der Waals surface area contributed by atoms with Crippen LogP contribution in [0, 0.1) is 12.8 Å². The van der Waals surface area contributed by atoms with Crippen molar-refractivity contribution in [2.24, 2.45) is 5.92 Å². The minimum Gasteiger partial charge on any atom is -0.481 e. The summed E-state index contributed by atoms with van der Waals surface area (Å²) in [4.78, 5) is 11.1. The van der Waals surface area contributed by atoms with Gasteiger partial charge >= 0.3 is 5.97 Å². The van der Waals surface area contributed by atoms with Crippen LogP contribution in [0.1, 0.15) is 37.3 Å². The summed E-state index contributed by atoms with van der Waals surface area (Å²) in [6.07, 6.45) is 3.47. The molecule has 0 aliphatic carbocycles. The highest BCUT2D eigenvalue weighted by molar-refractivity contribution is 5.70. The number of hydrogen-bond donors (Lipinski definition) is 1. The summed E-state index contributed by atoms with van der Waals surface area (Å²) in [6, 6.07) is 8.02. The zero-order chi connectivity index (χ0) is 12.0. The number of hydrogen-bond acceptors (Lipinski definition) is 1. The minimum absolute atomic E-state index is 0.235. The molecular formula is C14H20O2. The fourth-order valence-electron chi connectivity index (χ4n) is 1.87. The molecule has 1 atom stereocenters. The second-order valence-corrected chi connectivity index (χ2v) is 4.31. The van der Waals surface area contributed by atoms with E-state index in [0.717, 1.165) is 24.8 Å². The second-order valence-electron chi connectivity index (χ2n) is 4.31. The fraction of sp³-hybridized carbons (Fsp3) is 0.500.